The zero-order valence-electron chi connectivity index (χ0n) is 10.1. The third-order valence-corrected chi connectivity index (χ3v) is 3.18. The molecule has 2 aromatic carbocycles. The van der Waals surface area contributed by atoms with Crippen LogP contribution in [0.5, 0.6) is 5.75 Å². The predicted octanol–water partition coefficient (Wildman–Crippen LogP) is 3.20. The summed E-state index contributed by atoms with van der Waals surface area (Å²) in [5.74, 6) is -0.637. The van der Waals surface area contributed by atoms with E-state index in [2.05, 4.69) is 0 Å². The van der Waals surface area contributed by atoms with Gasteiger partial charge in [-0.25, -0.2) is 4.79 Å². The summed E-state index contributed by atoms with van der Waals surface area (Å²) in [6, 6.07) is 11.0. The van der Waals surface area contributed by atoms with E-state index in [1.54, 1.807) is 24.3 Å². The summed E-state index contributed by atoms with van der Waals surface area (Å²) < 4.78 is 4.80. The lowest BCUT2D eigenvalue weighted by molar-refractivity contribution is 0.0977. The Labute approximate surface area is 118 Å². The van der Waals surface area contributed by atoms with Gasteiger partial charge in [-0.3, -0.25) is 9.59 Å². The Kier molecular flexibility index (Phi) is 2.88. The summed E-state index contributed by atoms with van der Waals surface area (Å²) in [5.41, 5.74) is -0.130. The molecule has 0 amide bonds. The number of ether oxygens (including phenoxy) is 1. The van der Waals surface area contributed by atoms with Crippen LogP contribution < -0.4 is 4.74 Å². The quantitative estimate of drug-likeness (QED) is 0.645. The molecule has 0 N–H and O–H groups in total. The minimum atomic E-state index is -1.06. The molecular weight excluding hydrogens is 280 g/mol. The van der Waals surface area contributed by atoms with Gasteiger partial charge in [0.1, 0.15) is 5.75 Å². The van der Waals surface area contributed by atoms with Crippen LogP contribution in [0.3, 0.4) is 0 Å². The SMILES string of the molecule is O=C(Cl)Oc1cccc2c1C(=O)c1ccccc1C2=O. The molecule has 0 heterocycles. The molecule has 0 bridgehead atoms. The number of benzene rings is 2. The largest absolute Gasteiger partial charge is 0.414 e. The van der Waals surface area contributed by atoms with E-state index in [1.807, 2.05) is 0 Å². The summed E-state index contributed by atoms with van der Waals surface area (Å²) in [5, 5.41) is 0. The Bertz CT molecular complexity index is 764. The molecule has 5 heteroatoms. The number of ketones is 2. The van der Waals surface area contributed by atoms with Crippen LogP contribution in [-0.4, -0.2) is 17.0 Å². The number of carbonyl (C=O) groups is 3. The van der Waals surface area contributed by atoms with Gasteiger partial charge in [0, 0.05) is 28.3 Å². The maximum absolute atomic E-state index is 12.5. The zero-order chi connectivity index (χ0) is 14.3. The van der Waals surface area contributed by atoms with Gasteiger partial charge in [-0.2, -0.15) is 0 Å². The van der Waals surface area contributed by atoms with Crippen molar-refractivity contribution in [2.24, 2.45) is 0 Å². The van der Waals surface area contributed by atoms with Crippen LogP contribution in [0.1, 0.15) is 31.8 Å². The molecule has 0 aromatic heterocycles. The Morgan fingerprint density at radius 3 is 2.10 bits per heavy atom. The van der Waals surface area contributed by atoms with Crippen LogP contribution in [0.4, 0.5) is 4.79 Å². The summed E-state index contributed by atoms with van der Waals surface area (Å²) in [6.07, 6.45) is 0. The normalized spacial score (nSPS) is 12.7. The summed E-state index contributed by atoms with van der Waals surface area (Å²) in [7, 11) is 0. The van der Waals surface area contributed by atoms with Gasteiger partial charge in [0.05, 0.1) is 5.56 Å². The van der Waals surface area contributed by atoms with Gasteiger partial charge in [0.15, 0.2) is 11.6 Å². The zero-order valence-corrected chi connectivity index (χ0v) is 10.8. The molecule has 2 aromatic rings. The van der Waals surface area contributed by atoms with Crippen molar-refractivity contribution in [2.45, 2.75) is 0 Å². The standard InChI is InChI=1S/C15H7ClO4/c16-15(19)20-11-7-3-6-10-12(11)14(18)9-5-2-1-4-8(9)13(10)17/h1-7H. The van der Waals surface area contributed by atoms with E-state index in [-0.39, 0.29) is 28.4 Å². The van der Waals surface area contributed by atoms with Crippen molar-refractivity contribution < 1.29 is 19.1 Å². The van der Waals surface area contributed by atoms with Gasteiger partial charge in [-0.15, -0.1) is 0 Å². The minimum Gasteiger partial charge on any atom is -0.414 e. The Hall–Kier alpha value is -2.46. The van der Waals surface area contributed by atoms with Crippen molar-refractivity contribution in [3.05, 3.63) is 64.7 Å². The summed E-state index contributed by atoms with van der Waals surface area (Å²) in [4.78, 5) is 35.7. The molecule has 20 heavy (non-hydrogen) atoms. The molecule has 0 saturated carbocycles. The average molecular weight is 287 g/mol. The van der Waals surface area contributed by atoms with Crippen molar-refractivity contribution >= 4 is 28.6 Å². The summed E-state index contributed by atoms with van der Waals surface area (Å²) >= 11 is 5.18. The first-order valence-corrected chi connectivity index (χ1v) is 6.16. The smallest absolute Gasteiger partial charge is 0.409 e. The molecule has 1 aliphatic carbocycles. The van der Waals surface area contributed by atoms with Gasteiger partial charge < -0.3 is 4.74 Å². The molecule has 0 atom stereocenters. The van der Waals surface area contributed by atoms with Crippen molar-refractivity contribution in [3.63, 3.8) is 0 Å². The van der Waals surface area contributed by atoms with E-state index in [1.165, 1.54) is 18.2 Å². The number of fused-ring (bicyclic) bond motifs is 2. The highest BCUT2D eigenvalue weighted by molar-refractivity contribution is 6.61. The van der Waals surface area contributed by atoms with E-state index in [9.17, 15) is 14.4 Å². The van der Waals surface area contributed by atoms with E-state index >= 15 is 0 Å². The topological polar surface area (TPSA) is 60.4 Å². The highest BCUT2D eigenvalue weighted by atomic mass is 35.5. The average Bonchev–Trinajstić information content (AvgIpc) is 2.44. The van der Waals surface area contributed by atoms with Gasteiger partial charge in [-0.1, -0.05) is 36.4 Å². The highest BCUT2D eigenvalue weighted by Gasteiger charge is 2.32. The minimum absolute atomic E-state index is 0.00430. The van der Waals surface area contributed by atoms with E-state index < -0.39 is 5.43 Å². The van der Waals surface area contributed by atoms with Crippen LogP contribution in [0, 0.1) is 0 Å². The van der Waals surface area contributed by atoms with Crippen molar-refractivity contribution in [2.75, 3.05) is 0 Å². The number of hydrogen-bond acceptors (Lipinski definition) is 4. The van der Waals surface area contributed by atoms with Gasteiger partial charge in [0.25, 0.3) is 0 Å². The van der Waals surface area contributed by atoms with Crippen LogP contribution in [0.15, 0.2) is 42.5 Å². The number of rotatable bonds is 1. The van der Waals surface area contributed by atoms with Crippen LogP contribution >= 0.6 is 11.6 Å². The molecule has 0 unspecified atom stereocenters. The third-order valence-electron chi connectivity index (χ3n) is 3.10. The number of halogens is 1. The fourth-order valence-corrected chi connectivity index (χ4v) is 2.37. The Morgan fingerprint density at radius 1 is 0.850 bits per heavy atom. The maximum atomic E-state index is 12.5. The van der Waals surface area contributed by atoms with Crippen molar-refractivity contribution in [1.82, 2.24) is 0 Å². The second-order valence-corrected chi connectivity index (χ2v) is 4.53. The molecule has 0 radical (unpaired) electrons. The van der Waals surface area contributed by atoms with E-state index in [0.717, 1.165) is 0 Å². The first-order valence-electron chi connectivity index (χ1n) is 5.78. The molecule has 0 aliphatic heterocycles. The van der Waals surface area contributed by atoms with Gasteiger partial charge >= 0.3 is 5.43 Å². The molecule has 4 nitrogen and oxygen atoms in total. The fraction of sp³-hybridized carbons (Fsp3) is 0. The lowest BCUT2D eigenvalue weighted by atomic mass is 9.84. The summed E-state index contributed by atoms with van der Waals surface area (Å²) in [6.45, 7) is 0. The predicted molar refractivity (Wildman–Crippen MR) is 71.6 cm³/mol. The Morgan fingerprint density at radius 2 is 1.45 bits per heavy atom. The molecule has 98 valence electrons. The lowest BCUT2D eigenvalue weighted by Gasteiger charge is -2.18. The fourth-order valence-electron chi connectivity index (χ4n) is 2.28. The van der Waals surface area contributed by atoms with Crippen LogP contribution in [-0.2, 0) is 0 Å². The first-order chi connectivity index (χ1) is 9.59. The van der Waals surface area contributed by atoms with E-state index in [0.29, 0.717) is 11.1 Å². The lowest BCUT2D eigenvalue weighted by Crippen LogP contribution is -2.22. The van der Waals surface area contributed by atoms with Crippen LogP contribution in [0.2, 0.25) is 0 Å². The third kappa shape index (κ3) is 1.82. The second kappa shape index (κ2) is 4.58. The molecule has 0 spiro atoms. The first kappa shape index (κ1) is 12.6. The molecule has 0 fully saturated rings. The number of hydrogen-bond donors (Lipinski definition) is 0. The van der Waals surface area contributed by atoms with Crippen LogP contribution in [0.25, 0.3) is 0 Å². The second-order valence-electron chi connectivity index (χ2n) is 4.22. The highest BCUT2D eigenvalue weighted by Crippen LogP contribution is 2.33. The maximum Gasteiger partial charge on any atom is 0.409 e. The van der Waals surface area contributed by atoms with Crippen molar-refractivity contribution in [3.8, 4) is 5.75 Å². The number of carbonyl (C=O) groups excluding carboxylic acids is 3. The molecule has 3 rings (SSSR count). The molecule has 1 aliphatic rings. The van der Waals surface area contributed by atoms with Crippen molar-refractivity contribution in [1.29, 1.82) is 0 Å². The Balaban J connectivity index is 2.25. The van der Waals surface area contributed by atoms with E-state index in [4.69, 9.17) is 16.3 Å². The molecule has 0 saturated heterocycles. The monoisotopic (exact) mass is 286 g/mol. The molecular formula is C15H7ClO4. The van der Waals surface area contributed by atoms with Gasteiger partial charge in [0.2, 0.25) is 0 Å². The van der Waals surface area contributed by atoms with Gasteiger partial charge in [-0.05, 0) is 6.07 Å².